The van der Waals surface area contributed by atoms with E-state index in [0.717, 1.165) is 17.1 Å². The molecule has 0 saturated carbocycles. The number of rotatable bonds is 6. The van der Waals surface area contributed by atoms with E-state index in [0.29, 0.717) is 13.1 Å². The van der Waals surface area contributed by atoms with Crippen LogP contribution in [0.1, 0.15) is 11.4 Å². The summed E-state index contributed by atoms with van der Waals surface area (Å²) >= 11 is 0. The Kier molecular flexibility index (Phi) is 5.22. The summed E-state index contributed by atoms with van der Waals surface area (Å²) < 4.78 is 9.72. The Morgan fingerprint density at radius 1 is 1.53 bits per heavy atom. The number of ether oxygens (including phenoxy) is 2. The number of methoxy groups -OCH3 is 1. The van der Waals surface area contributed by atoms with Gasteiger partial charge in [-0.1, -0.05) is 0 Å². The van der Waals surface area contributed by atoms with Crippen LogP contribution in [-0.2, 0) is 11.3 Å². The summed E-state index contributed by atoms with van der Waals surface area (Å²) in [6, 6.07) is 3.72. The number of carbonyl (C=O) groups is 1. The molecule has 0 aliphatic rings. The summed E-state index contributed by atoms with van der Waals surface area (Å²) in [4.78, 5) is 14.6. The van der Waals surface area contributed by atoms with E-state index in [1.165, 1.54) is 0 Å². The highest BCUT2D eigenvalue weighted by Crippen LogP contribution is 2.12. The van der Waals surface area contributed by atoms with Crippen molar-refractivity contribution in [2.24, 2.45) is 5.73 Å². The van der Waals surface area contributed by atoms with Crippen LogP contribution in [0.4, 0.5) is 4.79 Å². The molecule has 94 valence electrons. The molecule has 1 aromatic rings. The number of carbonyl (C=O) groups excluding carboxylic acids is 1. The molecule has 0 bridgehead atoms. The number of nitrogens with two attached hydrogens (primary N) is 1. The van der Waals surface area contributed by atoms with Crippen molar-refractivity contribution in [1.29, 1.82) is 0 Å². The van der Waals surface area contributed by atoms with E-state index in [1.807, 2.05) is 19.1 Å². The second-order valence-electron chi connectivity index (χ2n) is 3.48. The number of aryl methyl sites for hydroxylation is 1. The fourth-order valence-electron chi connectivity index (χ4n) is 1.35. The van der Waals surface area contributed by atoms with Gasteiger partial charge >= 0.3 is 6.09 Å². The summed E-state index contributed by atoms with van der Waals surface area (Å²) in [5, 5.41) is 3.08. The Morgan fingerprint density at radius 2 is 2.29 bits per heavy atom. The first-order chi connectivity index (χ1) is 8.11. The van der Waals surface area contributed by atoms with Gasteiger partial charge < -0.3 is 20.5 Å². The first-order valence-electron chi connectivity index (χ1n) is 5.26. The number of nitrogens with one attached hydrogen (secondary N) is 1. The Balaban J connectivity index is 2.36. The number of pyridine rings is 1. The highest BCUT2D eigenvalue weighted by molar-refractivity contribution is 5.64. The minimum atomic E-state index is -0.762. The first-order valence-corrected chi connectivity index (χ1v) is 5.26. The molecule has 1 aromatic heterocycles. The maximum absolute atomic E-state index is 10.3. The van der Waals surface area contributed by atoms with Crippen LogP contribution in [0.15, 0.2) is 12.1 Å². The van der Waals surface area contributed by atoms with Crippen LogP contribution in [0.5, 0.6) is 5.75 Å². The predicted octanol–water partition coefficient (Wildman–Crippen LogP) is 0.584. The standard InChI is InChI=1S/C11H17N3O3/c1-8-5-10(16-2)6-9(14-8)7-13-3-4-17-11(12)15/h5-6,13H,3-4,7H2,1-2H3,(H2,12,15). The van der Waals surface area contributed by atoms with Gasteiger partial charge in [0.05, 0.1) is 12.8 Å². The van der Waals surface area contributed by atoms with Crippen LogP contribution in [-0.4, -0.2) is 31.3 Å². The van der Waals surface area contributed by atoms with Crippen LogP contribution >= 0.6 is 0 Å². The van der Waals surface area contributed by atoms with Gasteiger partial charge in [0.1, 0.15) is 12.4 Å². The minimum absolute atomic E-state index is 0.248. The zero-order valence-corrected chi connectivity index (χ0v) is 10.0. The van der Waals surface area contributed by atoms with Crippen molar-refractivity contribution >= 4 is 6.09 Å². The SMILES string of the molecule is COc1cc(C)nc(CNCCOC(N)=O)c1. The predicted molar refractivity (Wildman–Crippen MR) is 62.8 cm³/mol. The van der Waals surface area contributed by atoms with Gasteiger partial charge in [0.15, 0.2) is 0 Å². The molecule has 0 fully saturated rings. The van der Waals surface area contributed by atoms with E-state index < -0.39 is 6.09 Å². The van der Waals surface area contributed by atoms with Gasteiger partial charge in [-0.05, 0) is 6.92 Å². The van der Waals surface area contributed by atoms with Crippen molar-refractivity contribution in [3.63, 3.8) is 0 Å². The third-order valence-corrected chi connectivity index (χ3v) is 2.04. The molecule has 1 amide bonds. The van der Waals surface area contributed by atoms with Gasteiger partial charge in [-0.25, -0.2) is 4.79 Å². The third-order valence-electron chi connectivity index (χ3n) is 2.04. The van der Waals surface area contributed by atoms with Crippen molar-refractivity contribution < 1.29 is 14.3 Å². The second-order valence-corrected chi connectivity index (χ2v) is 3.48. The summed E-state index contributed by atoms with van der Waals surface area (Å²) in [5.41, 5.74) is 6.60. The van der Waals surface area contributed by atoms with Crippen LogP contribution in [0.2, 0.25) is 0 Å². The summed E-state index contributed by atoms with van der Waals surface area (Å²) in [7, 11) is 1.62. The van der Waals surface area contributed by atoms with Gasteiger partial charge in [0.25, 0.3) is 0 Å². The van der Waals surface area contributed by atoms with Gasteiger partial charge in [-0.3, -0.25) is 4.98 Å². The molecule has 6 nitrogen and oxygen atoms in total. The van der Waals surface area contributed by atoms with Crippen LogP contribution in [0, 0.1) is 6.92 Å². The van der Waals surface area contributed by atoms with E-state index in [4.69, 9.17) is 10.5 Å². The van der Waals surface area contributed by atoms with Crippen molar-refractivity contribution in [2.75, 3.05) is 20.3 Å². The van der Waals surface area contributed by atoms with E-state index in [-0.39, 0.29) is 6.61 Å². The molecular weight excluding hydrogens is 222 g/mol. The number of primary amides is 1. The molecule has 0 unspecified atom stereocenters. The molecule has 17 heavy (non-hydrogen) atoms. The van der Waals surface area contributed by atoms with Gasteiger partial charge in [-0.15, -0.1) is 0 Å². The fourth-order valence-corrected chi connectivity index (χ4v) is 1.35. The Labute approximate surface area is 100 Å². The quantitative estimate of drug-likeness (QED) is 0.709. The highest BCUT2D eigenvalue weighted by Gasteiger charge is 2.00. The zero-order chi connectivity index (χ0) is 12.7. The molecule has 0 spiro atoms. The maximum atomic E-state index is 10.3. The maximum Gasteiger partial charge on any atom is 0.404 e. The average molecular weight is 239 g/mol. The summed E-state index contributed by atoms with van der Waals surface area (Å²) in [6.45, 7) is 3.27. The molecule has 3 N–H and O–H groups in total. The number of nitrogens with zero attached hydrogens (tertiary/aromatic N) is 1. The number of hydrogen-bond acceptors (Lipinski definition) is 5. The highest BCUT2D eigenvalue weighted by atomic mass is 16.5. The molecular formula is C11H17N3O3. The first kappa shape index (κ1) is 13.2. The Hall–Kier alpha value is -1.82. The number of aromatic nitrogens is 1. The lowest BCUT2D eigenvalue weighted by atomic mass is 10.3. The van der Waals surface area contributed by atoms with Crippen LogP contribution < -0.4 is 15.8 Å². The molecule has 6 heteroatoms. The third kappa shape index (κ3) is 5.17. The van der Waals surface area contributed by atoms with Crippen molar-refractivity contribution in [2.45, 2.75) is 13.5 Å². The van der Waals surface area contributed by atoms with Crippen LogP contribution in [0.25, 0.3) is 0 Å². The van der Waals surface area contributed by atoms with E-state index in [9.17, 15) is 4.79 Å². The van der Waals surface area contributed by atoms with Crippen LogP contribution in [0.3, 0.4) is 0 Å². The second kappa shape index (κ2) is 6.70. The molecule has 0 atom stereocenters. The Morgan fingerprint density at radius 3 is 2.94 bits per heavy atom. The zero-order valence-electron chi connectivity index (χ0n) is 10.0. The van der Waals surface area contributed by atoms with Crippen molar-refractivity contribution in [1.82, 2.24) is 10.3 Å². The van der Waals surface area contributed by atoms with E-state index in [1.54, 1.807) is 7.11 Å². The lowest BCUT2D eigenvalue weighted by molar-refractivity contribution is 0.157. The lowest BCUT2D eigenvalue weighted by Crippen LogP contribution is -2.23. The molecule has 0 aromatic carbocycles. The number of hydrogen-bond donors (Lipinski definition) is 2. The van der Waals surface area contributed by atoms with E-state index in [2.05, 4.69) is 15.0 Å². The smallest absolute Gasteiger partial charge is 0.404 e. The largest absolute Gasteiger partial charge is 0.497 e. The molecule has 1 heterocycles. The van der Waals surface area contributed by atoms with Gasteiger partial charge in [0, 0.05) is 30.9 Å². The molecule has 0 saturated heterocycles. The van der Waals surface area contributed by atoms with E-state index >= 15 is 0 Å². The topological polar surface area (TPSA) is 86.5 Å². The molecule has 0 aliphatic carbocycles. The summed E-state index contributed by atoms with van der Waals surface area (Å²) in [5.74, 6) is 0.780. The minimum Gasteiger partial charge on any atom is -0.497 e. The van der Waals surface area contributed by atoms with Crippen molar-refractivity contribution in [3.8, 4) is 5.75 Å². The van der Waals surface area contributed by atoms with Crippen molar-refractivity contribution in [3.05, 3.63) is 23.5 Å². The average Bonchev–Trinajstić information content (AvgIpc) is 2.27. The normalized spacial score (nSPS) is 10.0. The Bertz CT molecular complexity index is 382. The summed E-state index contributed by atoms with van der Waals surface area (Å²) in [6.07, 6.45) is -0.762. The fraction of sp³-hybridized carbons (Fsp3) is 0.455. The monoisotopic (exact) mass is 239 g/mol. The van der Waals surface area contributed by atoms with Gasteiger partial charge in [0.2, 0.25) is 0 Å². The molecule has 1 rings (SSSR count). The van der Waals surface area contributed by atoms with Gasteiger partial charge in [-0.2, -0.15) is 0 Å². The number of amides is 1. The lowest BCUT2D eigenvalue weighted by Gasteiger charge is -2.07. The molecule has 0 aliphatic heterocycles. The molecule has 0 radical (unpaired) electrons.